The minimum absolute atomic E-state index is 0. The maximum atomic E-state index is 11.6. The number of esters is 1. The Morgan fingerprint density at radius 2 is 1.14 bits per heavy atom. The van der Waals surface area contributed by atoms with Crippen molar-refractivity contribution in [2.75, 3.05) is 6.61 Å². The molecule has 0 aromatic heterocycles. The summed E-state index contributed by atoms with van der Waals surface area (Å²) in [5, 5.41) is 10.3. The maximum absolute atomic E-state index is 11.6. The van der Waals surface area contributed by atoms with Gasteiger partial charge in [0.1, 0.15) is 6.04 Å². The van der Waals surface area contributed by atoms with E-state index in [0.717, 1.165) is 12.8 Å². The Kier molecular flexibility index (Phi) is 25.9. The van der Waals surface area contributed by atoms with Crippen molar-refractivity contribution in [1.29, 1.82) is 0 Å². The molecule has 0 radical (unpaired) electrons. The average molecular weight is 422 g/mol. The summed E-state index contributed by atoms with van der Waals surface area (Å²) in [6.45, 7) is 2.64. The van der Waals surface area contributed by atoms with Crippen LogP contribution in [-0.4, -0.2) is 24.6 Å². The Morgan fingerprint density at radius 1 is 0.759 bits per heavy atom. The third kappa shape index (κ3) is 24.0. The second kappa shape index (κ2) is 24.2. The minimum atomic E-state index is -1.19. The smallest absolute Gasteiger partial charge is 0.550 e. The molecule has 1 atom stereocenters. The predicted octanol–water partition coefficient (Wildman–Crippen LogP) is 1.65. The number of hydrogen-bond donors (Lipinski definition) is 1. The van der Waals surface area contributed by atoms with Crippen LogP contribution >= 0.6 is 0 Å². The number of ether oxygens (including phenoxy) is 1. The van der Waals surface area contributed by atoms with Gasteiger partial charge in [-0.15, -0.1) is 0 Å². The molecule has 0 aliphatic carbocycles. The fraction of sp³-hybridized carbons (Fsp3) is 0.913. The van der Waals surface area contributed by atoms with Crippen LogP contribution in [0.2, 0.25) is 0 Å². The van der Waals surface area contributed by atoms with Crippen molar-refractivity contribution in [2.24, 2.45) is 5.73 Å². The van der Waals surface area contributed by atoms with Gasteiger partial charge in [-0.2, -0.15) is 0 Å². The summed E-state index contributed by atoms with van der Waals surface area (Å²) in [5.41, 5.74) is 5.57. The fourth-order valence-corrected chi connectivity index (χ4v) is 3.32. The number of carboxylic acid groups (broad SMARTS) is 1. The topological polar surface area (TPSA) is 92.5 Å². The first-order valence-electron chi connectivity index (χ1n) is 11.7. The van der Waals surface area contributed by atoms with Crippen LogP contribution in [0.15, 0.2) is 0 Å². The Bertz CT molecular complexity index is 380. The van der Waals surface area contributed by atoms with E-state index in [2.05, 4.69) is 6.92 Å². The zero-order chi connectivity index (χ0) is 20.9. The molecule has 5 nitrogen and oxygen atoms in total. The first-order valence-corrected chi connectivity index (χ1v) is 11.7. The van der Waals surface area contributed by atoms with Gasteiger partial charge < -0.3 is 20.4 Å². The largest absolute Gasteiger partial charge is 1.00 e. The van der Waals surface area contributed by atoms with Gasteiger partial charge in [-0.3, -0.25) is 4.79 Å². The van der Waals surface area contributed by atoms with Crippen LogP contribution in [0.1, 0.15) is 122 Å². The summed E-state index contributed by atoms with van der Waals surface area (Å²) >= 11 is 0. The first-order chi connectivity index (χ1) is 13.6. The molecule has 0 heterocycles. The molecule has 0 aliphatic rings. The molecule has 0 aliphatic heterocycles. The van der Waals surface area contributed by atoms with Crippen LogP contribution in [0.4, 0.5) is 0 Å². The fourth-order valence-electron chi connectivity index (χ4n) is 3.32. The molecule has 0 fully saturated rings. The van der Waals surface area contributed by atoms with Crippen molar-refractivity contribution in [3.05, 3.63) is 0 Å². The third-order valence-electron chi connectivity index (χ3n) is 5.20. The van der Waals surface area contributed by atoms with E-state index in [1.807, 2.05) is 0 Å². The van der Waals surface area contributed by atoms with Gasteiger partial charge in [-0.05, 0) is 19.3 Å². The molecule has 0 aromatic carbocycles. The molecule has 0 amide bonds. The second-order valence-corrected chi connectivity index (χ2v) is 7.99. The molecular weight excluding hydrogens is 377 g/mol. The number of carboxylic acids is 1. The van der Waals surface area contributed by atoms with Crippen LogP contribution < -0.4 is 40.4 Å². The molecule has 0 rings (SSSR count). The van der Waals surface area contributed by atoms with Gasteiger partial charge in [-0.25, -0.2) is 0 Å². The summed E-state index contributed by atoms with van der Waals surface area (Å²) in [6, 6.07) is -0.862. The number of hydrogen-bond acceptors (Lipinski definition) is 5. The average Bonchev–Trinajstić information content (AvgIpc) is 2.68. The van der Waals surface area contributed by atoms with E-state index in [4.69, 9.17) is 10.5 Å². The standard InChI is InChI=1S/C23H45NO4.Na/c1-2-3-4-5-6-7-8-9-10-11-12-13-14-15-16-17-20-28-23(27)21(24)18-19-22(25)26;/h21H,2-20,24H2,1H3,(H,25,26);/q;+1/p-1/t21-;/m0./s1. The zero-order valence-electron chi connectivity index (χ0n) is 19.2. The van der Waals surface area contributed by atoms with E-state index in [9.17, 15) is 14.7 Å². The van der Waals surface area contributed by atoms with Gasteiger partial charge in [0.05, 0.1) is 6.61 Å². The van der Waals surface area contributed by atoms with Crippen molar-refractivity contribution in [3.63, 3.8) is 0 Å². The second-order valence-electron chi connectivity index (χ2n) is 7.99. The van der Waals surface area contributed by atoms with E-state index in [1.165, 1.54) is 89.9 Å². The number of carbonyl (C=O) groups excluding carboxylic acids is 2. The van der Waals surface area contributed by atoms with E-state index < -0.39 is 18.0 Å². The molecule has 0 bridgehead atoms. The monoisotopic (exact) mass is 421 g/mol. The van der Waals surface area contributed by atoms with Gasteiger partial charge in [0.25, 0.3) is 0 Å². The minimum Gasteiger partial charge on any atom is -0.550 e. The normalized spacial score (nSPS) is 11.7. The van der Waals surface area contributed by atoms with Gasteiger partial charge in [0.2, 0.25) is 0 Å². The quantitative estimate of drug-likeness (QED) is 0.173. The van der Waals surface area contributed by atoms with Crippen molar-refractivity contribution in [1.82, 2.24) is 0 Å². The SMILES string of the molecule is CCCCCCCCCCCCCCCCCCOC(=O)[C@@H](N)CCC(=O)[O-].[Na+]. The Balaban J connectivity index is 0. The summed E-state index contributed by atoms with van der Waals surface area (Å²) in [6.07, 6.45) is 20.7. The van der Waals surface area contributed by atoms with Crippen molar-refractivity contribution in [2.45, 2.75) is 129 Å². The van der Waals surface area contributed by atoms with Crippen LogP contribution in [0.3, 0.4) is 0 Å². The summed E-state index contributed by atoms with van der Waals surface area (Å²) in [4.78, 5) is 21.9. The molecule has 166 valence electrons. The van der Waals surface area contributed by atoms with Gasteiger partial charge in [0, 0.05) is 5.97 Å². The molecule has 29 heavy (non-hydrogen) atoms. The summed E-state index contributed by atoms with van der Waals surface area (Å²) < 4.78 is 5.08. The summed E-state index contributed by atoms with van der Waals surface area (Å²) in [5.74, 6) is -1.71. The molecule has 2 N–H and O–H groups in total. The number of rotatable bonds is 21. The van der Waals surface area contributed by atoms with Crippen LogP contribution in [-0.2, 0) is 14.3 Å². The van der Waals surface area contributed by atoms with Crippen molar-refractivity contribution >= 4 is 11.9 Å². The number of carbonyl (C=O) groups is 2. The van der Waals surface area contributed by atoms with Gasteiger partial charge in [-0.1, -0.05) is 103 Å². The molecule has 0 spiro atoms. The van der Waals surface area contributed by atoms with E-state index in [0.29, 0.717) is 6.61 Å². The van der Waals surface area contributed by atoms with Crippen molar-refractivity contribution in [3.8, 4) is 0 Å². The van der Waals surface area contributed by atoms with E-state index in [-0.39, 0.29) is 42.4 Å². The predicted molar refractivity (Wildman–Crippen MR) is 113 cm³/mol. The van der Waals surface area contributed by atoms with Crippen LogP contribution in [0.25, 0.3) is 0 Å². The number of unbranched alkanes of at least 4 members (excludes halogenated alkanes) is 15. The Hall–Kier alpha value is -0.100. The Morgan fingerprint density at radius 3 is 1.52 bits per heavy atom. The summed E-state index contributed by atoms with van der Waals surface area (Å²) in [7, 11) is 0. The van der Waals surface area contributed by atoms with E-state index in [1.54, 1.807) is 0 Å². The molecule has 0 unspecified atom stereocenters. The molecular formula is C23H44NNaO4. The molecule has 6 heteroatoms. The molecule has 0 aromatic rings. The third-order valence-corrected chi connectivity index (χ3v) is 5.20. The Labute approximate surface area is 201 Å². The molecule has 0 saturated heterocycles. The van der Waals surface area contributed by atoms with Crippen LogP contribution in [0.5, 0.6) is 0 Å². The first kappa shape index (κ1) is 31.1. The zero-order valence-corrected chi connectivity index (χ0v) is 21.2. The molecule has 0 saturated carbocycles. The maximum Gasteiger partial charge on any atom is 1.00 e. The van der Waals surface area contributed by atoms with Gasteiger partial charge in [0.15, 0.2) is 0 Å². The number of nitrogens with two attached hydrogens (primary N) is 1. The van der Waals surface area contributed by atoms with Crippen molar-refractivity contribution < 1.29 is 49.0 Å². The van der Waals surface area contributed by atoms with E-state index >= 15 is 0 Å². The van der Waals surface area contributed by atoms with Crippen LogP contribution in [0, 0.1) is 0 Å². The number of aliphatic carboxylic acids is 1. The van der Waals surface area contributed by atoms with Gasteiger partial charge >= 0.3 is 35.5 Å².